The van der Waals surface area contributed by atoms with E-state index in [9.17, 15) is 4.79 Å². The maximum absolute atomic E-state index is 12.4. The van der Waals surface area contributed by atoms with E-state index in [1.165, 1.54) is 12.8 Å². The summed E-state index contributed by atoms with van der Waals surface area (Å²) in [6, 6.07) is 0.215. The van der Waals surface area contributed by atoms with Gasteiger partial charge in [0.15, 0.2) is 0 Å². The molecule has 18 heavy (non-hydrogen) atoms. The molecular weight excluding hydrogens is 228 g/mol. The van der Waals surface area contributed by atoms with Crippen LogP contribution in [0.4, 0.5) is 0 Å². The van der Waals surface area contributed by atoms with Crippen molar-refractivity contribution in [3.8, 4) is 0 Å². The smallest absolute Gasteiger partial charge is 0.225 e. The van der Waals surface area contributed by atoms with Crippen LogP contribution in [0.2, 0.25) is 0 Å². The molecule has 2 fully saturated rings. The number of methoxy groups -OCH3 is 1. The first kappa shape index (κ1) is 13.8. The van der Waals surface area contributed by atoms with Gasteiger partial charge in [0.2, 0.25) is 5.91 Å². The fraction of sp³-hybridized carbons (Fsp3) is 0.929. The van der Waals surface area contributed by atoms with Gasteiger partial charge in [-0.1, -0.05) is 13.3 Å². The minimum atomic E-state index is 0.0416. The Balaban J connectivity index is 1.90. The van der Waals surface area contributed by atoms with Gasteiger partial charge < -0.3 is 15.8 Å². The van der Waals surface area contributed by atoms with E-state index >= 15 is 0 Å². The monoisotopic (exact) mass is 254 g/mol. The van der Waals surface area contributed by atoms with Gasteiger partial charge in [-0.05, 0) is 37.5 Å². The van der Waals surface area contributed by atoms with Crippen molar-refractivity contribution in [2.75, 3.05) is 13.7 Å². The normalized spacial score (nSPS) is 35.7. The third-order valence-corrected chi connectivity index (χ3v) is 4.63. The highest BCUT2D eigenvalue weighted by Gasteiger charge is 2.49. The number of carbonyl (C=O) groups is 1. The molecule has 0 aromatic carbocycles. The lowest BCUT2D eigenvalue weighted by molar-refractivity contribution is -0.128. The van der Waals surface area contributed by atoms with Crippen LogP contribution in [0.1, 0.15) is 39.0 Å². The number of fused-ring (bicyclic) bond motifs is 2. The molecule has 0 aliphatic heterocycles. The fourth-order valence-electron chi connectivity index (χ4n) is 3.77. The van der Waals surface area contributed by atoms with Crippen LogP contribution in [-0.2, 0) is 9.53 Å². The van der Waals surface area contributed by atoms with E-state index in [1.807, 2.05) is 0 Å². The zero-order chi connectivity index (χ0) is 13.1. The molecule has 0 aromatic rings. The van der Waals surface area contributed by atoms with E-state index in [1.54, 1.807) is 7.11 Å². The van der Waals surface area contributed by atoms with Crippen molar-refractivity contribution in [2.45, 2.75) is 51.1 Å². The van der Waals surface area contributed by atoms with Crippen molar-refractivity contribution in [3.63, 3.8) is 0 Å². The van der Waals surface area contributed by atoms with Gasteiger partial charge in [0.1, 0.15) is 0 Å². The first-order chi connectivity index (χ1) is 8.67. The molecule has 104 valence electrons. The fourth-order valence-corrected chi connectivity index (χ4v) is 3.77. The van der Waals surface area contributed by atoms with Crippen LogP contribution in [0, 0.1) is 17.8 Å². The summed E-state index contributed by atoms with van der Waals surface area (Å²) in [5.41, 5.74) is 6.20. The predicted octanol–water partition coefficient (Wildman–Crippen LogP) is 1.29. The molecule has 5 atom stereocenters. The Kier molecular flexibility index (Phi) is 4.62. The summed E-state index contributed by atoms with van der Waals surface area (Å²) in [7, 11) is 1.68. The zero-order valence-electron chi connectivity index (χ0n) is 11.5. The van der Waals surface area contributed by atoms with Crippen LogP contribution in [0.25, 0.3) is 0 Å². The molecule has 0 spiro atoms. The molecule has 3 N–H and O–H groups in total. The molecule has 0 radical (unpaired) electrons. The Morgan fingerprint density at radius 1 is 1.44 bits per heavy atom. The third kappa shape index (κ3) is 2.69. The zero-order valence-corrected chi connectivity index (χ0v) is 11.5. The van der Waals surface area contributed by atoms with Gasteiger partial charge in [0.05, 0.1) is 18.6 Å². The first-order valence-corrected chi connectivity index (χ1v) is 7.22. The Labute approximate surface area is 110 Å². The van der Waals surface area contributed by atoms with Gasteiger partial charge in [0, 0.05) is 13.2 Å². The minimum Gasteiger partial charge on any atom is -0.383 e. The molecule has 2 aliphatic rings. The van der Waals surface area contributed by atoms with E-state index in [0.717, 1.165) is 19.3 Å². The van der Waals surface area contributed by atoms with Crippen LogP contribution in [-0.4, -0.2) is 31.7 Å². The second-order valence-electron chi connectivity index (χ2n) is 5.89. The molecule has 2 saturated carbocycles. The van der Waals surface area contributed by atoms with E-state index < -0.39 is 0 Å². The van der Waals surface area contributed by atoms with Crippen molar-refractivity contribution in [1.29, 1.82) is 0 Å². The highest BCUT2D eigenvalue weighted by molar-refractivity contribution is 5.80. The molecule has 4 nitrogen and oxygen atoms in total. The Morgan fingerprint density at radius 3 is 2.72 bits per heavy atom. The van der Waals surface area contributed by atoms with Gasteiger partial charge in [-0.15, -0.1) is 0 Å². The molecule has 2 aliphatic carbocycles. The number of rotatable bonds is 6. The molecule has 5 unspecified atom stereocenters. The maximum atomic E-state index is 12.4. The number of nitrogens with one attached hydrogen (secondary N) is 1. The van der Waals surface area contributed by atoms with E-state index in [2.05, 4.69) is 12.2 Å². The Bertz CT molecular complexity index is 288. The Hall–Kier alpha value is -0.610. The number of carbonyl (C=O) groups excluding carboxylic acids is 1. The topological polar surface area (TPSA) is 64.3 Å². The van der Waals surface area contributed by atoms with Gasteiger partial charge >= 0.3 is 0 Å². The number of hydrogen-bond donors (Lipinski definition) is 2. The lowest BCUT2D eigenvalue weighted by atomic mass is 9.84. The summed E-state index contributed by atoms with van der Waals surface area (Å²) in [5.74, 6) is 1.30. The quantitative estimate of drug-likeness (QED) is 0.750. The van der Waals surface area contributed by atoms with Gasteiger partial charge in [-0.3, -0.25) is 4.79 Å². The molecule has 0 aromatic heterocycles. The highest BCUT2D eigenvalue weighted by Crippen LogP contribution is 2.47. The molecular formula is C14H26N2O2. The van der Waals surface area contributed by atoms with Crippen molar-refractivity contribution >= 4 is 5.91 Å². The summed E-state index contributed by atoms with van der Waals surface area (Å²) < 4.78 is 5.16. The highest BCUT2D eigenvalue weighted by atomic mass is 16.5. The molecule has 4 heteroatoms. The van der Waals surface area contributed by atoms with Crippen LogP contribution in [0.3, 0.4) is 0 Å². The second-order valence-corrected chi connectivity index (χ2v) is 5.89. The molecule has 0 heterocycles. The lowest BCUT2D eigenvalue weighted by Crippen LogP contribution is -2.49. The molecule has 0 saturated heterocycles. The summed E-state index contributed by atoms with van der Waals surface area (Å²) in [5, 5.41) is 3.13. The largest absolute Gasteiger partial charge is 0.383 e. The maximum Gasteiger partial charge on any atom is 0.225 e. The number of ether oxygens (including phenoxy) is 1. The minimum absolute atomic E-state index is 0.0416. The SMILES string of the molecule is CCCC(COC)NC(=O)C1C2CCC(C2)C1N. The second kappa shape index (κ2) is 6.02. The number of hydrogen-bond acceptors (Lipinski definition) is 3. The summed E-state index contributed by atoms with van der Waals surface area (Å²) in [6.45, 7) is 2.72. The first-order valence-electron chi connectivity index (χ1n) is 7.22. The van der Waals surface area contributed by atoms with Crippen LogP contribution in [0.15, 0.2) is 0 Å². The van der Waals surface area contributed by atoms with Gasteiger partial charge in [-0.25, -0.2) is 0 Å². The number of nitrogens with two attached hydrogens (primary N) is 1. The lowest BCUT2D eigenvalue weighted by Gasteiger charge is -2.29. The number of amides is 1. The van der Waals surface area contributed by atoms with E-state index in [0.29, 0.717) is 18.4 Å². The summed E-state index contributed by atoms with van der Waals surface area (Å²) >= 11 is 0. The summed E-state index contributed by atoms with van der Waals surface area (Å²) in [6.07, 6.45) is 5.57. The van der Waals surface area contributed by atoms with Crippen molar-refractivity contribution in [3.05, 3.63) is 0 Å². The average molecular weight is 254 g/mol. The summed E-state index contributed by atoms with van der Waals surface area (Å²) in [4.78, 5) is 12.4. The predicted molar refractivity (Wildman–Crippen MR) is 71.0 cm³/mol. The molecule has 2 bridgehead atoms. The van der Waals surface area contributed by atoms with E-state index in [4.69, 9.17) is 10.5 Å². The van der Waals surface area contributed by atoms with Gasteiger partial charge in [-0.2, -0.15) is 0 Å². The molecule has 2 rings (SSSR count). The van der Waals surface area contributed by atoms with Crippen molar-refractivity contribution < 1.29 is 9.53 Å². The Morgan fingerprint density at radius 2 is 2.17 bits per heavy atom. The third-order valence-electron chi connectivity index (χ3n) is 4.63. The van der Waals surface area contributed by atoms with Crippen LogP contribution >= 0.6 is 0 Å². The van der Waals surface area contributed by atoms with Crippen LogP contribution < -0.4 is 11.1 Å². The standard InChI is InChI=1S/C14H26N2O2/c1-3-4-11(8-18-2)16-14(17)12-9-5-6-10(7-9)13(12)15/h9-13H,3-8,15H2,1-2H3,(H,16,17). The van der Waals surface area contributed by atoms with Gasteiger partial charge in [0.25, 0.3) is 0 Å². The average Bonchev–Trinajstić information content (AvgIpc) is 2.89. The van der Waals surface area contributed by atoms with E-state index in [-0.39, 0.29) is 23.9 Å². The van der Waals surface area contributed by atoms with Crippen molar-refractivity contribution in [1.82, 2.24) is 5.32 Å². The van der Waals surface area contributed by atoms with Crippen molar-refractivity contribution in [2.24, 2.45) is 23.5 Å². The van der Waals surface area contributed by atoms with Crippen LogP contribution in [0.5, 0.6) is 0 Å². The molecule has 1 amide bonds.